The van der Waals surface area contributed by atoms with Crippen molar-refractivity contribution < 1.29 is 11.0 Å². The van der Waals surface area contributed by atoms with Crippen molar-refractivity contribution in [1.29, 1.82) is 0 Å². The largest absolute Gasteiger partial charge is 0.412 e. The fourth-order valence-corrected chi connectivity index (χ4v) is 8.21. The van der Waals surface area contributed by atoms with Crippen LogP contribution in [0.25, 0.3) is 0 Å². The Bertz CT molecular complexity index is 1760. The lowest BCUT2D eigenvalue weighted by molar-refractivity contribution is 0.256. The molecule has 2 aromatic heterocycles. The molecule has 0 radical (unpaired) electrons. The second-order valence-corrected chi connectivity index (χ2v) is 16.3. The van der Waals surface area contributed by atoms with Crippen molar-refractivity contribution in [1.82, 2.24) is 41.0 Å². The van der Waals surface area contributed by atoms with Crippen molar-refractivity contribution in [3.63, 3.8) is 0 Å². The number of pyridine rings is 2. The highest BCUT2D eigenvalue weighted by molar-refractivity contribution is 9.10. The summed E-state index contributed by atoms with van der Waals surface area (Å²) in [5.74, 6) is 0.160. The average molecular weight is 1340 g/mol. The number of fused-ring (bicyclic) bond motifs is 4. The second-order valence-electron chi connectivity index (χ2n) is 15.4. The molecule has 10 nitrogen and oxygen atoms in total. The van der Waals surface area contributed by atoms with E-state index in [0.717, 1.165) is 145 Å². The maximum Gasteiger partial charge on any atom is 0.0545 e. The number of aromatic nitrogens is 2. The van der Waals surface area contributed by atoms with Crippen LogP contribution in [-0.2, 0) is 39.3 Å². The Morgan fingerprint density at radius 3 is 1.00 bits per heavy atom. The number of rotatable bonds is 7. The lowest BCUT2D eigenvalue weighted by Gasteiger charge is -2.25. The summed E-state index contributed by atoms with van der Waals surface area (Å²) in [4.78, 5) is 14.8. The Morgan fingerprint density at radius 2 is 0.703 bits per heavy atom. The highest BCUT2D eigenvalue weighted by Crippen LogP contribution is 2.33. The van der Waals surface area contributed by atoms with Gasteiger partial charge >= 0.3 is 0 Å². The van der Waals surface area contributed by atoms with Gasteiger partial charge < -0.3 is 32.2 Å². The second kappa shape index (κ2) is 36.0. The third kappa shape index (κ3) is 21.5. The molecule has 17 heteroatoms. The van der Waals surface area contributed by atoms with Crippen molar-refractivity contribution in [2.45, 2.75) is 70.9 Å². The van der Waals surface area contributed by atoms with Crippen molar-refractivity contribution in [3.8, 4) is 0 Å². The number of benzene rings is 3. The van der Waals surface area contributed by atoms with E-state index in [1.54, 1.807) is 0 Å². The van der Waals surface area contributed by atoms with Gasteiger partial charge in [-0.2, -0.15) is 0 Å². The molecule has 3 aromatic carbocycles. The summed E-state index contributed by atoms with van der Waals surface area (Å²) in [6.07, 6.45) is 4.47. The van der Waals surface area contributed by atoms with Crippen LogP contribution in [0.3, 0.4) is 0 Å². The lowest BCUT2D eigenvalue weighted by Crippen LogP contribution is -2.30. The molecule has 4 heterocycles. The van der Waals surface area contributed by atoms with Gasteiger partial charge in [0, 0.05) is 49.7 Å². The minimum absolute atomic E-state index is 0. The zero-order chi connectivity index (χ0) is 38.2. The zero-order valence-corrected chi connectivity index (χ0v) is 48.2. The number of hydrogen-bond acceptors (Lipinski definition) is 8. The summed E-state index contributed by atoms with van der Waals surface area (Å²) < 4.78 is 1.10. The summed E-state index contributed by atoms with van der Waals surface area (Å²) >= 11 is 3.67. The normalized spacial score (nSPS) is 15.3. The summed E-state index contributed by atoms with van der Waals surface area (Å²) in [7, 11) is 0. The Balaban J connectivity index is 0. The van der Waals surface area contributed by atoms with Gasteiger partial charge in [-0.25, -0.2) is 0 Å². The quantitative estimate of drug-likeness (QED) is 0.118. The molecule has 0 fully saturated rings. The Kier molecular flexibility index (Phi) is 36.7. The molecular weight excluding hydrogens is 1270 g/mol. The first kappa shape index (κ1) is 65.1. The number of nitrogens with one attached hydrogen (secondary N) is 4. The maximum atomic E-state index is 4.80. The number of halogens is 7. The van der Waals surface area contributed by atoms with Gasteiger partial charge in [-0.3, -0.25) is 19.8 Å². The average Bonchev–Trinajstić information content (AvgIpc) is 3.22. The summed E-state index contributed by atoms with van der Waals surface area (Å²) in [5.41, 5.74) is 11.2. The highest BCUT2D eigenvalue weighted by atomic mass is 79.9. The molecule has 7 rings (SSSR count). The molecule has 358 valence electrons. The van der Waals surface area contributed by atoms with Gasteiger partial charge in [-0.15, -0.1) is 102 Å². The first-order chi connectivity index (χ1) is 27.6. The molecule has 0 atom stereocenters. The van der Waals surface area contributed by atoms with Crippen LogP contribution >= 0.6 is 118 Å². The molecule has 0 saturated carbocycles. The van der Waals surface area contributed by atoms with Gasteiger partial charge in [0.05, 0.1) is 22.8 Å². The van der Waals surface area contributed by atoms with Crippen LogP contribution in [0.4, 0.5) is 0 Å². The van der Waals surface area contributed by atoms with Gasteiger partial charge in [0.1, 0.15) is 0 Å². The molecule has 5 aromatic rings. The van der Waals surface area contributed by atoms with Crippen LogP contribution in [0.1, 0.15) is 82.2 Å². The van der Waals surface area contributed by atoms with E-state index in [1.165, 1.54) is 27.8 Å². The van der Waals surface area contributed by atoms with Crippen LogP contribution < -0.4 is 21.3 Å². The summed E-state index contributed by atoms with van der Waals surface area (Å²) in [6.45, 7) is 13.5. The Hall–Kier alpha value is -1.000. The molecule has 0 spiro atoms. The van der Waals surface area contributed by atoms with E-state index in [-0.39, 0.29) is 119 Å². The topological polar surface area (TPSA) is 143 Å². The summed E-state index contributed by atoms with van der Waals surface area (Å²) in [5, 5.41) is 14.4. The standard InChI is InChI=1S/C47H59BrN8.6BrH.2H2O/c48-42-21-19-41(20-22-42)47(39-15-11-37(12-16-39)35-55-27-3-23-49-31-43-7-1-8-44(53-43)32-50-24-4-28-55)40-17-13-38(14-18-40)36-56-29-5-25-51-33-45-9-2-10-46(54-45)34-52-26-6-30-56;;;;;;;;/h1-2,7-22,47,49-52H,3-6,23-36H2;6*1H;2*1H2. The molecule has 4 bridgehead atoms. The smallest absolute Gasteiger partial charge is 0.0545 e. The SMILES string of the molecule is Br.Br.Br.Br.Br.Br.Brc1ccc(C(c2ccc(CN3CCCNCc4cccc(n4)CNCCC3)cc2)c2ccc(CN3CCCNCc4cccc(n4)CNCCC3)cc2)cc1.O.O. The molecule has 0 aliphatic carbocycles. The molecule has 0 saturated heterocycles. The number of nitrogens with zero attached hydrogens (tertiary/aromatic N) is 4. The van der Waals surface area contributed by atoms with Crippen LogP contribution in [0.15, 0.2) is 114 Å². The van der Waals surface area contributed by atoms with E-state index in [4.69, 9.17) is 9.97 Å². The van der Waals surface area contributed by atoms with Crippen LogP contribution in [0.2, 0.25) is 0 Å². The molecule has 64 heavy (non-hydrogen) atoms. The van der Waals surface area contributed by atoms with E-state index in [2.05, 4.69) is 156 Å². The zero-order valence-electron chi connectivity index (χ0n) is 36.3. The lowest BCUT2D eigenvalue weighted by atomic mass is 9.84. The Labute approximate surface area is 453 Å². The fourth-order valence-electron chi connectivity index (χ4n) is 7.95. The van der Waals surface area contributed by atoms with Gasteiger partial charge in [0.15, 0.2) is 0 Å². The van der Waals surface area contributed by atoms with Gasteiger partial charge in [0.2, 0.25) is 0 Å². The van der Waals surface area contributed by atoms with Gasteiger partial charge in [-0.05, 0) is 142 Å². The van der Waals surface area contributed by atoms with Crippen LogP contribution in [0, 0.1) is 0 Å². The molecule has 0 amide bonds. The van der Waals surface area contributed by atoms with Crippen molar-refractivity contribution in [2.24, 2.45) is 0 Å². The van der Waals surface area contributed by atoms with E-state index >= 15 is 0 Å². The first-order valence-electron chi connectivity index (χ1n) is 20.7. The van der Waals surface area contributed by atoms with Gasteiger partial charge in [0.25, 0.3) is 0 Å². The minimum Gasteiger partial charge on any atom is -0.412 e. The van der Waals surface area contributed by atoms with Crippen molar-refractivity contribution in [3.05, 3.63) is 164 Å². The fraction of sp³-hybridized carbons (Fsp3) is 0.404. The Morgan fingerprint density at radius 1 is 0.422 bits per heavy atom. The van der Waals surface area contributed by atoms with Crippen LogP contribution in [-0.4, -0.2) is 83.1 Å². The highest BCUT2D eigenvalue weighted by Gasteiger charge is 2.18. The minimum atomic E-state index is 0. The van der Waals surface area contributed by atoms with E-state index in [0.29, 0.717) is 0 Å². The third-order valence-electron chi connectivity index (χ3n) is 10.9. The van der Waals surface area contributed by atoms with Crippen LogP contribution in [0.5, 0.6) is 0 Å². The molecule has 0 unspecified atom stereocenters. The third-order valence-corrected chi connectivity index (χ3v) is 11.4. The van der Waals surface area contributed by atoms with Crippen molar-refractivity contribution >= 4 is 118 Å². The summed E-state index contributed by atoms with van der Waals surface area (Å²) in [6, 6.07) is 40.4. The number of hydrogen-bond donors (Lipinski definition) is 4. The molecule has 8 N–H and O–H groups in total. The monoisotopic (exact) mass is 1330 g/mol. The predicted molar refractivity (Wildman–Crippen MR) is 301 cm³/mol. The predicted octanol–water partition coefficient (Wildman–Crippen LogP) is 9.19. The molecule has 2 aliphatic rings. The van der Waals surface area contributed by atoms with E-state index in [1.807, 2.05) is 0 Å². The molecular formula is C47H69Br7N8O2. The van der Waals surface area contributed by atoms with E-state index in [9.17, 15) is 0 Å². The first-order valence-corrected chi connectivity index (χ1v) is 21.5. The molecule has 2 aliphatic heterocycles. The van der Waals surface area contributed by atoms with Gasteiger partial charge in [-0.1, -0.05) is 88.7 Å². The van der Waals surface area contributed by atoms with Crippen molar-refractivity contribution in [2.75, 3.05) is 52.4 Å². The van der Waals surface area contributed by atoms with E-state index < -0.39 is 0 Å². The maximum absolute atomic E-state index is 4.80.